The number of nitrogens with zero attached hydrogens (tertiary/aromatic N) is 1. The average Bonchev–Trinajstić information content (AvgIpc) is 3.29. The quantitative estimate of drug-likeness (QED) is 0.228. The molecule has 4 aromatic rings. The first-order valence-corrected chi connectivity index (χ1v) is 11.6. The molecule has 9 heteroatoms. The Balaban J connectivity index is 1.30. The first kappa shape index (κ1) is 24.8. The van der Waals surface area contributed by atoms with Gasteiger partial charge in [-0.1, -0.05) is 29.3 Å². The fourth-order valence-corrected chi connectivity index (χ4v) is 3.55. The van der Waals surface area contributed by atoms with Crippen LogP contribution in [0.15, 0.2) is 76.2 Å². The number of furan rings is 1. The van der Waals surface area contributed by atoms with Crippen LogP contribution in [0.25, 0.3) is 11.0 Å². The van der Waals surface area contributed by atoms with E-state index in [0.717, 1.165) is 10.9 Å². The molecule has 0 bridgehead atoms. The number of aryl methyl sites for hydroxylation is 1. The first-order chi connectivity index (χ1) is 17.4. The maximum absolute atomic E-state index is 12.4. The van der Waals surface area contributed by atoms with E-state index in [1.54, 1.807) is 42.5 Å². The fraction of sp³-hybridized carbons (Fsp3) is 0.148. The summed E-state index contributed by atoms with van der Waals surface area (Å²) < 4.78 is 16.6. The van der Waals surface area contributed by atoms with Crippen molar-refractivity contribution in [3.63, 3.8) is 0 Å². The summed E-state index contributed by atoms with van der Waals surface area (Å²) in [5.74, 6) is 0.382. The van der Waals surface area contributed by atoms with Gasteiger partial charge in [-0.2, -0.15) is 5.10 Å². The van der Waals surface area contributed by atoms with Crippen LogP contribution in [-0.2, 0) is 4.79 Å². The number of anilines is 1. The van der Waals surface area contributed by atoms with E-state index in [9.17, 15) is 9.59 Å². The van der Waals surface area contributed by atoms with E-state index in [0.29, 0.717) is 40.0 Å². The molecule has 2 amide bonds. The number of benzene rings is 3. The molecule has 0 aliphatic carbocycles. The maximum Gasteiger partial charge on any atom is 0.307 e. The molecule has 1 aromatic heterocycles. The molecule has 8 nitrogen and oxygen atoms in total. The van der Waals surface area contributed by atoms with Crippen LogP contribution < -0.4 is 20.2 Å². The van der Waals surface area contributed by atoms with Crippen molar-refractivity contribution in [2.45, 2.75) is 13.8 Å². The van der Waals surface area contributed by atoms with Gasteiger partial charge < -0.3 is 19.2 Å². The van der Waals surface area contributed by atoms with Crippen molar-refractivity contribution >= 4 is 46.3 Å². The minimum atomic E-state index is -0.494. The molecule has 4 rings (SSSR count). The molecule has 36 heavy (non-hydrogen) atoms. The average molecular weight is 506 g/mol. The lowest BCUT2D eigenvalue weighted by atomic mass is 10.2. The SMILES string of the molecule is CCOc1ccc2oc(C(=O)N/N=C/c3ccc(OCC(=O)Nc4ccc(C)cc4)c(Cl)c3)cc2c1. The first-order valence-electron chi connectivity index (χ1n) is 11.2. The number of nitrogens with one attached hydrogen (secondary N) is 2. The molecule has 1 heterocycles. The van der Waals surface area contributed by atoms with Gasteiger partial charge in [-0.3, -0.25) is 9.59 Å². The second-order valence-corrected chi connectivity index (χ2v) is 8.24. The van der Waals surface area contributed by atoms with E-state index >= 15 is 0 Å². The predicted octanol–water partition coefficient (Wildman–Crippen LogP) is 5.57. The molecule has 0 aliphatic rings. The van der Waals surface area contributed by atoms with Crippen LogP contribution in [0.2, 0.25) is 5.02 Å². The lowest BCUT2D eigenvalue weighted by Gasteiger charge is -2.09. The zero-order valence-corrected chi connectivity index (χ0v) is 20.5. The number of fused-ring (bicyclic) bond motifs is 1. The Hall–Kier alpha value is -4.30. The van der Waals surface area contributed by atoms with E-state index in [-0.39, 0.29) is 18.3 Å². The number of hydrazone groups is 1. The Kier molecular flexibility index (Phi) is 7.87. The predicted molar refractivity (Wildman–Crippen MR) is 139 cm³/mol. The molecule has 0 spiro atoms. The molecular weight excluding hydrogens is 482 g/mol. The minimum Gasteiger partial charge on any atom is -0.494 e. The molecule has 3 aromatic carbocycles. The highest BCUT2D eigenvalue weighted by Crippen LogP contribution is 2.26. The lowest BCUT2D eigenvalue weighted by molar-refractivity contribution is -0.118. The standard InChI is InChI=1S/C27H24ClN3O5/c1-3-34-21-9-11-23-19(13-21)14-25(36-23)27(33)31-29-15-18-6-10-24(22(28)12-18)35-16-26(32)30-20-7-4-17(2)5-8-20/h4-15H,3,16H2,1-2H3,(H,30,32)(H,31,33)/b29-15+. The number of hydrogen-bond acceptors (Lipinski definition) is 6. The Labute approximate surface area is 212 Å². The number of halogens is 1. The summed E-state index contributed by atoms with van der Waals surface area (Å²) in [6.07, 6.45) is 1.44. The van der Waals surface area contributed by atoms with Gasteiger partial charge in [0.2, 0.25) is 0 Å². The van der Waals surface area contributed by atoms with Crippen molar-refractivity contribution in [3.8, 4) is 11.5 Å². The molecule has 0 fully saturated rings. The molecule has 0 saturated heterocycles. The number of carbonyl (C=O) groups is 2. The minimum absolute atomic E-state index is 0.126. The number of hydrogen-bond donors (Lipinski definition) is 2. The number of rotatable bonds is 9. The largest absolute Gasteiger partial charge is 0.494 e. The zero-order valence-electron chi connectivity index (χ0n) is 19.7. The number of carbonyl (C=O) groups excluding carboxylic acids is 2. The third-order valence-corrected chi connectivity index (χ3v) is 5.35. The van der Waals surface area contributed by atoms with Crippen LogP contribution in [0.1, 0.15) is 28.6 Å². The van der Waals surface area contributed by atoms with Gasteiger partial charge >= 0.3 is 5.91 Å². The fourth-order valence-electron chi connectivity index (χ4n) is 3.30. The maximum atomic E-state index is 12.4. The Morgan fingerprint density at radius 3 is 2.58 bits per heavy atom. The second kappa shape index (κ2) is 11.4. The van der Waals surface area contributed by atoms with Crippen molar-refractivity contribution in [2.24, 2.45) is 5.10 Å². The van der Waals surface area contributed by atoms with Gasteiger partial charge in [0.25, 0.3) is 5.91 Å². The summed E-state index contributed by atoms with van der Waals surface area (Å²) in [6, 6.07) is 19.4. The Morgan fingerprint density at radius 1 is 1.03 bits per heavy atom. The van der Waals surface area contributed by atoms with Crippen LogP contribution in [0, 0.1) is 6.92 Å². The smallest absolute Gasteiger partial charge is 0.307 e. The van der Waals surface area contributed by atoms with E-state index in [4.69, 9.17) is 25.5 Å². The Morgan fingerprint density at radius 2 is 1.83 bits per heavy atom. The Bertz CT molecular complexity index is 1410. The summed E-state index contributed by atoms with van der Waals surface area (Å²) in [7, 11) is 0. The molecule has 2 N–H and O–H groups in total. The van der Waals surface area contributed by atoms with Gasteiger partial charge in [0.1, 0.15) is 17.1 Å². The highest BCUT2D eigenvalue weighted by atomic mass is 35.5. The van der Waals surface area contributed by atoms with E-state index in [1.165, 1.54) is 6.21 Å². The third-order valence-electron chi connectivity index (χ3n) is 5.05. The summed E-state index contributed by atoms with van der Waals surface area (Å²) in [4.78, 5) is 24.5. The van der Waals surface area contributed by atoms with E-state index in [2.05, 4.69) is 15.8 Å². The van der Waals surface area contributed by atoms with Crippen molar-refractivity contribution in [3.05, 3.63) is 88.6 Å². The summed E-state index contributed by atoms with van der Waals surface area (Å²) in [6.45, 7) is 4.22. The monoisotopic (exact) mass is 505 g/mol. The van der Waals surface area contributed by atoms with Crippen molar-refractivity contribution in [1.82, 2.24) is 5.43 Å². The lowest BCUT2D eigenvalue weighted by Crippen LogP contribution is -2.20. The van der Waals surface area contributed by atoms with Crippen molar-refractivity contribution in [1.29, 1.82) is 0 Å². The van der Waals surface area contributed by atoms with Crippen LogP contribution in [0.5, 0.6) is 11.5 Å². The molecular formula is C27H24ClN3O5. The van der Waals surface area contributed by atoms with Crippen molar-refractivity contribution < 1.29 is 23.5 Å². The van der Waals surface area contributed by atoms with Crippen molar-refractivity contribution in [2.75, 3.05) is 18.5 Å². The summed E-state index contributed by atoms with van der Waals surface area (Å²) in [5, 5.41) is 7.77. The van der Waals surface area contributed by atoms with Gasteiger partial charge in [0.05, 0.1) is 17.8 Å². The molecule has 0 saturated carbocycles. The number of ether oxygens (including phenoxy) is 2. The van der Waals surface area contributed by atoms with Gasteiger partial charge in [-0.25, -0.2) is 5.43 Å². The molecule has 0 aliphatic heterocycles. The van der Waals surface area contributed by atoms with Crippen LogP contribution >= 0.6 is 11.6 Å². The molecule has 0 atom stereocenters. The topological polar surface area (TPSA) is 102 Å². The molecule has 0 unspecified atom stereocenters. The summed E-state index contributed by atoms with van der Waals surface area (Å²) >= 11 is 6.28. The van der Waals surface area contributed by atoms with Gasteiger partial charge in [-0.15, -0.1) is 0 Å². The molecule has 184 valence electrons. The second-order valence-electron chi connectivity index (χ2n) is 7.84. The van der Waals surface area contributed by atoms with Crippen LogP contribution in [-0.4, -0.2) is 31.2 Å². The highest BCUT2D eigenvalue weighted by Gasteiger charge is 2.12. The summed E-state index contributed by atoms with van der Waals surface area (Å²) in [5.41, 5.74) is 5.42. The third kappa shape index (κ3) is 6.43. The van der Waals surface area contributed by atoms with Crippen LogP contribution in [0.4, 0.5) is 5.69 Å². The van der Waals surface area contributed by atoms with Gasteiger partial charge in [-0.05, 0) is 74.0 Å². The normalized spacial score (nSPS) is 11.0. The van der Waals surface area contributed by atoms with Gasteiger partial charge in [0.15, 0.2) is 12.4 Å². The molecule has 0 radical (unpaired) electrons. The van der Waals surface area contributed by atoms with E-state index < -0.39 is 5.91 Å². The number of amides is 2. The van der Waals surface area contributed by atoms with E-state index in [1.807, 2.05) is 38.1 Å². The highest BCUT2D eigenvalue weighted by molar-refractivity contribution is 6.32. The zero-order chi connectivity index (χ0) is 25.5. The van der Waals surface area contributed by atoms with Gasteiger partial charge in [0, 0.05) is 11.1 Å². The van der Waals surface area contributed by atoms with Crippen LogP contribution in [0.3, 0.4) is 0 Å².